The minimum atomic E-state index is -0.237. The second kappa shape index (κ2) is 4.98. The van der Waals surface area contributed by atoms with Crippen LogP contribution in [-0.4, -0.2) is 21.4 Å². The van der Waals surface area contributed by atoms with E-state index in [1.807, 2.05) is 27.0 Å². The van der Waals surface area contributed by atoms with E-state index >= 15 is 0 Å². The molecule has 0 amide bonds. The molecule has 1 N–H and O–H groups in total. The second-order valence-corrected chi connectivity index (χ2v) is 5.79. The number of nitrogens with zero attached hydrogens (tertiary/aromatic N) is 1. The summed E-state index contributed by atoms with van der Waals surface area (Å²) in [6.45, 7) is 5.88. The molecule has 2 unspecified atom stereocenters. The van der Waals surface area contributed by atoms with Gasteiger partial charge in [0.15, 0.2) is 0 Å². The summed E-state index contributed by atoms with van der Waals surface area (Å²) in [6, 6.07) is 0. The van der Waals surface area contributed by atoms with Gasteiger partial charge in [-0.25, -0.2) is 4.98 Å². The highest BCUT2D eigenvalue weighted by Gasteiger charge is 2.09. The number of rotatable bonds is 4. The Balaban J connectivity index is 2.35. The third-order valence-corrected chi connectivity index (χ3v) is 4.33. The smallest absolute Gasteiger partial charge is 0.0897 e. The first-order valence-electron chi connectivity index (χ1n) is 4.30. The molecule has 0 aliphatic heterocycles. The zero-order valence-corrected chi connectivity index (χ0v) is 9.78. The Labute approximate surface area is 87.4 Å². The van der Waals surface area contributed by atoms with Crippen molar-refractivity contribution in [2.75, 3.05) is 0 Å². The molecule has 0 spiro atoms. The number of hydrogen-bond acceptors (Lipinski definition) is 4. The van der Waals surface area contributed by atoms with Gasteiger partial charge in [0, 0.05) is 22.1 Å². The second-order valence-electron chi connectivity index (χ2n) is 3.10. The average molecular weight is 217 g/mol. The third kappa shape index (κ3) is 3.67. The summed E-state index contributed by atoms with van der Waals surface area (Å²) in [7, 11) is 0. The predicted octanol–water partition coefficient (Wildman–Crippen LogP) is 2.45. The number of aromatic nitrogens is 1. The van der Waals surface area contributed by atoms with Crippen molar-refractivity contribution < 1.29 is 5.11 Å². The van der Waals surface area contributed by atoms with Crippen molar-refractivity contribution in [3.8, 4) is 0 Å². The molecule has 1 aromatic heterocycles. The minimum absolute atomic E-state index is 0.237. The molecule has 1 heterocycles. The predicted molar refractivity (Wildman–Crippen MR) is 59.3 cm³/mol. The molecule has 74 valence electrons. The number of thiazole rings is 1. The molecular weight excluding hydrogens is 202 g/mol. The van der Waals surface area contributed by atoms with Gasteiger partial charge in [0.1, 0.15) is 0 Å². The van der Waals surface area contributed by atoms with E-state index in [1.54, 1.807) is 23.1 Å². The Hall–Kier alpha value is -0.0600. The molecule has 13 heavy (non-hydrogen) atoms. The van der Waals surface area contributed by atoms with E-state index in [1.165, 1.54) is 4.88 Å². The van der Waals surface area contributed by atoms with E-state index in [2.05, 4.69) is 4.98 Å². The van der Waals surface area contributed by atoms with Crippen LogP contribution in [0.25, 0.3) is 0 Å². The van der Waals surface area contributed by atoms with E-state index in [-0.39, 0.29) is 6.10 Å². The van der Waals surface area contributed by atoms with E-state index in [0.29, 0.717) is 5.25 Å². The van der Waals surface area contributed by atoms with Crippen LogP contribution in [0.15, 0.2) is 6.20 Å². The molecule has 0 bridgehead atoms. The van der Waals surface area contributed by atoms with Crippen LogP contribution in [-0.2, 0) is 5.75 Å². The first-order valence-corrected chi connectivity index (χ1v) is 6.17. The number of aliphatic hydroxyl groups is 1. The van der Waals surface area contributed by atoms with Crippen molar-refractivity contribution in [2.24, 2.45) is 0 Å². The molecular formula is C9H15NOS2. The van der Waals surface area contributed by atoms with Gasteiger partial charge in [-0.1, -0.05) is 6.92 Å². The lowest BCUT2D eigenvalue weighted by molar-refractivity contribution is 0.196. The Bertz CT molecular complexity index is 260. The summed E-state index contributed by atoms with van der Waals surface area (Å²) < 4.78 is 0. The molecule has 4 heteroatoms. The summed E-state index contributed by atoms with van der Waals surface area (Å²) >= 11 is 3.50. The molecule has 0 saturated heterocycles. The molecule has 1 rings (SSSR count). The van der Waals surface area contributed by atoms with E-state index in [0.717, 1.165) is 10.8 Å². The summed E-state index contributed by atoms with van der Waals surface area (Å²) in [5, 5.41) is 10.7. The number of aliphatic hydroxyl groups excluding tert-OH is 1. The van der Waals surface area contributed by atoms with Crippen molar-refractivity contribution in [1.82, 2.24) is 4.98 Å². The first-order chi connectivity index (χ1) is 6.09. The van der Waals surface area contributed by atoms with Crippen LogP contribution in [0.5, 0.6) is 0 Å². The lowest BCUT2D eigenvalue weighted by Gasteiger charge is -2.12. The van der Waals surface area contributed by atoms with Crippen molar-refractivity contribution in [3.05, 3.63) is 16.1 Å². The minimum Gasteiger partial charge on any atom is -0.392 e. The van der Waals surface area contributed by atoms with Gasteiger partial charge in [-0.3, -0.25) is 0 Å². The molecule has 0 radical (unpaired) electrons. The number of thioether (sulfide) groups is 1. The number of hydrogen-bond donors (Lipinski definition) is 1. The van der Waals surface area contributed by atoms with E-state index in [9.17, 15) is 5.11 Å². The lowest BCUT2D eigenvalue weighted by Crippen LogP contribution is -2.15. The van der Waals surface area contributed by atoms with E-state index < -0.39 is 0 Å². The Morgan fingerprint density at radius 2 is 2.31 bits per heavy atom. The quantitative estimate of drug-likeness (QED) is 0.841. The van der Waals surface area contributed by atoms with Gasteiger partial charge < -0.3 is 5.11 Å². The first kappa shape index (κ1) is 11.0. The Morgan fingerprint density at radius 3 is 2.77 bits per heavy atom. The zero-order valence-electron chi connectivity index (χ0n) is 8.15. The van der Waals surface area contributed by atoms with Crippen LogP contribution in [0.1, 0.15) is 23.7 Å². The van der Waals surface area contributed by atoms with Crippen LogP contribution in [0.4, 0.5) is 0 Å². The van der Waals surface area contributed by atoms with E-state index in [4.69, 9.17) is 0 Å². The summed E-state index contributed by atoms with van der Waals surface area (Å²) in [6.07, 6.45) is 1.68. The van der Waals surface area contributed by atoms with Crippen LogP contribution in [0.2, 0.25) is 0 Å². The topological polar surface area (TPSA) is 33.1 Å². The largest absolute Gasteiger partial charge is 0.392 e. The summed E-state index contributed by atoms with van der Waals surface area (Å²) in [4.78, 5) is 5.47. The van der Waals surface area contributed by atoms with Crippen LogP contribution in [0, 0.1) is 6.92 Å². The number of aryl methyl sites for hydroxylation is 1. The Morgan fingerprint density at radius 1 is 1.62 bits per heavy atom. The molecule has 0 saturated carbocycles. The van der Waals surface area contributed by atoms with Crippen molar-refractivity contribution in [1.29, 1.82) is 0 Å². The fourth-order valence-corrected chi connectivity index (χ4v) is 2.64. The maximum atomic E-state index is 9.27. The Kier molecular flexibility index (Phi) is 4.22. The molecule has 2 nitrogen and oxygen atoms in total. The van der Waals surface area contributed by atoms with Crippen LogP contribution < -0.4 is 0 Å². The zero-order chi connectivity index (χ0) is 9.84. The lowest BCUT2D eigenvalue weighted by atomic mass is 10.3. The summed E-state index contributed by atoms with van der Waals surface area (Å²) in [5.41, 5.74) is 0. The van der Waals surface area contributed by atoms with Crippen LogP contribution >= 0.6 is 23.1 Å². The summed E-state index contributed by atoms with van der Waals surface area (Å²) in [5.74, 6) is 0.956. The van der Waals surface area contributed by atoms with Crippen molar-refractivity contribution in [2.45, 2.75) is 37.9 Å². The maximum absolute atomic E-state index is 9.27. The van der Waals surface area contributed by atoms with Gasteiger partial charge in [-0.05, 0) is 13.8 Å². The van der Waals surface area contributed by atoms with Gasteiger partial charge in [0.25, 0.3) is 0 Å². The third-order valence-electron chi connectivity index (χ3n) is 1.84. The van der Waals surface area contributed by atoms with Gasteiger partial charge in [0.05, 0.1) is 11.1 Å². The highest BCUT2D eigenvalue weighted by molar-refractivity contribution is 7.99. The highest BCUT2D eigenvalue weighted by atomic mass is 32.2. The highest BCUT2D eigenvalue weighted by Crippen LogP contribution is 2.23. The molecule has 0 aromatic carbocycles. The molecule has 0 aliphatic rings. The molecule has 0 aliphatic carbocycles. The fraction of sp³-hybridized carbons (Fsp3) is 0.667. The van der Waals surface area contributed by atoms with Gasteiger partial charge in [-0.2, -0.15) is 11.8 Å². The normalized spacial score (nSPS) is 15.7. The standard InChI is InChI=1S/C9H15NOS2/c1-6(11)7(2)12-5-9-4-10-8(3)13-9/h4,6-7,11H,5H2,1-3H3. The van der Waals surface area contributed by atoms with Gasteiger partial charge in [0.2, 0.25) is 0 Å². The molecule has 1 aromatic rings. The maximum Gasteiger partial charge on any atom is 0.0897 e. The average Bonchev–Trinajstić information content (AvgIpc) is 2.47. The van der Waals surface area contributed by atoms with Crippen LogP contribution in [0.3, 0.4) is 0 Å². The monoisotopic (exact) mass is 217 g/mol. The molecule has 2 atom stereocenters. The fourth-order valence-electron chi connectivity index (χ4n) is 0.825. The van der Waals surface area contributed by atoms with Crippen molar-refractivity contribution in [3.63, 3.8) is 0 Å². The van der Waals surface area contributed by atoms with Gasteiger partial charge in [-0.15, -0.1) is 11.3 Å². The molecule has 0 fully saturated rings. The SMILES string of the molecule is Cc1ncc(CSC(C)C(C)O)s1. The van der Waals surface area contributed by atoms with Gasteiger partial charge >= 0.3 is 0 Å². The van der Waals surface area contributed by atoms with Crippen molar-refractivity contribution >= 4 is 23.1 Å².